The highest BCUT2D eigenvalue weighted by Gasteiger charge is 2.84. The molecule has 7 heteroatoms. The van der Waals surface area contributed by atoms with E-state index in [4.69, 9.17) is 4.74 Å². The molecule has 2 bridgehead atoms. The molecule has 0 aromatic heterocycles. The number of rotatable bonds is 3. The van der Waals surface area contributed by atoms with Gasteiger partial charge in [-0.3, -0.25) is 0 Å². The van der Waals surface area contributed by atoms with E-state index in [9.17, 15) is 25.2 Å². The average Bonchev–Trinajstić information content (AvgIpc) is 3.29. The number of benzene rings is 1. The van der Waals surface area contributed by atoms with Gasteiger partial charge in [0.1, 0.15) is 11.6 Å². The Hall–Kier alpha value is -1.83. The molecule has 2 aliphatic heterocycles. The lowest BCUT2D eigenvalue weighted by Gasteiger charge is -2.60. The average molecular weight is 388 g/mol. The van der Waals surface area contributed by atoms with E-state index in [0.717, 1.165) is 24.2 Å². The number of phenolic OH excluding ortho intramolecular Hbond substituents is 1. The second kappa shape index (κ2) is 4.66. The van der Waals surface area contributed by atoms with Gasteiger partial charge in [0, 0.05) is 30.7 Å². The minimum atomic E-state index is -2.19. The summed E-state index contributed by atoms with van der Waals surface area (Å²) in [4.78, 5) is 12.1. The Bertz CT molecular complexity index is 930. The maximum absolute atomic E-state index is 12.2. The summed E-state index contributed by atoms with van der Waals surface area (Å²) in [6.07, 6.45) is 2.22. The lowest BCUT2D eigenvalue weighted by molar-refractivity contribution is -0.950. The van der Waals surface area contributed by atoms with Crippen LogP contribution >= 0.6 is 0 Å². The highest BCUT2D eigenvalue weighted by Crippen LogP contribution is 2.70. The van der Waals surface area contributed by atoms with Gasteiger partial charge in [-0.25, -0.2) is 4.79 Å². The van der Waals surface area contributed by atoms with Gasteiger partial charge in [0.2, 0.25) is 5.60 Å². The number of likely N-dealkylation sites (tertiary alicyclic amines) is 1. The van der Waals surface area contributed by atoms with Crippen LogP contribution in [0.5, 0.6) is 11.5 Å². The van der Waals surface area contributed by atoms with Crippen LogP contribution in [-0.4, -0.2) is 74.4 Å². The maximum Gasteiger partial charge on any atom is 0.339 e. The van der Waals surface area contributed by atoms with Gasteiger partial charge < -0.3 is 29.6 Å². The summed E-state index contributed by atoms with van der Waals surface area (Å²) in [6.45, 7) is 1.77. The van der Waals surface area contributed by atoms with E-state index >= 15 is 0 Å². The zero-order valence-electron chi connectivity index (χ0n) is 15.9. The fourth-order valence-electron chi connectivity index (χ4n) is 7.24. The molecule has 1 aromatic carbocycles. The molecule has 0 radical (unpaired) electrons. The van der Waals surface area contributed by atoms with Gasteiger partial charge in [0.25, 0.3) is 0 Å². The number of aliphatic hydroxyl groups is 2. The minimum absolute atomic E-state index is 0.0585. The van der Waals surface area contributed by atoms with Gasteiger partial charge in [-0.15, -0.1) is 0 Å². The van der Waals surface area contributed by atoms with Crippen LogP contribution in [0.4, 0.5) is 0 Å². The first-order valence-electron chi connectivity index (χ1n) is 10.2. The molecule has 0 amide bonds. The highest BCUT2D eigenvalue weighted by atomic mass is 16.5. The smallest absolute Gasteiger partial charge is 0.339 e. The second-order valence-corrected chi connectivity index (χ2v) is 10.0. The topological polar surface area (TPSA) is 107 Å². The van der Waals surface area contributed by atoms with Crippen LogP contribution in [0, 0.1) is 5.92 Å². The van der Waals surface area contributed by atoms with Crippen molar-refractivity contribution < 1.29 is 34.4 Å². The number of nitrogens with zero attached hydrogens (tertiary/aromatic N) is 1. The number of carboxylic acid groups (broad SMARTS) is 1. The molecule has 1 saturated heterocycles. The quantitative estimate of drug-likeness (QED) is 0.563. The number of quaternary nitrogens is 1. The van der Waals surface area contributed by atoms with E-state index in [2.05, 4.69) is 7.05 Å². The third kappa shape index (κ3) is 1.63. The van der Waals surface area contributed by atoms with Crippen molar-refractivity contribution in [2.24, 2.45) is 5.92 Å². The second-order valence-electron chi connectivity index (χ2n) is 10.0. The zero-order chi connectivity index (χ0) is 19.7. The van der Waals surface area contributed by atoms with E-state index in [0.29, 0.717) is 23.2 Å². The van der Waals surface area contributed by atoms with Gasteiger partial charge in [0.05, 0.1) is 25.6 Å². The molecule has 1 spiro atoms. The number of ether oxygens (including phenoxy) is 1. The lowest BCUT2D eigenvalue weighted by Crippen LogP contribution is -2.76. The highest BCUT2D eigenvalue weighted by molar-refractivity contribution is 5.82. The molecule has 5 aliphatic rings. The van der Waals surface area contributed by atoms with Crippen LogP contribution in [0.15, 0.2) is 12.1 Å². The van der Waals surface area contributed by atoms with Crippen molar-refractivity contribution >= 4 is 5.97 Å². The monoisotopic (exact) mass is 388 g/mol. The molecule has 6 rings (SSSR count). The number of carbonyl (C=O) groups is 1. The third-order valence-corrected chi connectivity index (χ3v) is 8.57. The fourth-order valence-corrected chi connectivity index (χ4v) is 7.24. The first kappa shape index (κ1) is 17.1. The van der Waals surface area contributed by atoms with E-state index in [1.165, 1.54) is 12.8 Å². The number of aromatic hydroxyl groups is 1. The molecule has 3 fully saturated rings. The van der Waals surface area contributed by atoms with Crippen molar-refractivity contribution in [1.82, 2.24) is 0 Å². The van der Waals surface area contributed by atoms with Crippen molar-refractivity contribution in [3.8, 4) is 11.5 Å². The fraction of sp³-hybridized carbons (Fsp3) is 0.667. The molecule has 4 N–H and O–H groups in total. The van der Waals surface area contributed by atoms with Crippen molar-refractivity contribution in [2.75, 3.05) is 20.1 Å². The molecule has 7 nitrogen and oxygen atoms in total. The SMILES string of the molecule is C[N+]1(CC2CC2)CC[C@]23c4c5ccc(O)c4O[C@H]2C(O)(C(=O)O)C[C@@]3(O)[C@H]1C5. The number of hydrogen-bond acceptors (Lipinski definition) is 5. The number of piperidine rings is 1. The Kier molecular flexibility index (Phi) is 2.84. The summed E-state index contributed by atoms with van der Waals surface area (Å²) in [5.74, 6) is -0.519. The van der Waals surface area contributed by atoms with Gasteiger partial charge in [-0.2, -0.15) is 0 Å². The summed E-state index contributed by atoms with van der Waals surface area (Å²) in [5.41, 5.74) is -2.84. The predicted molar refractivity (Wildman–Crippen MR) is 97.1 cm³/mol. The van der Waals surface area contributed by atoms with Crippen LogP contribution in [0.1, 0.15) is 36.8 Å². The largest absolute Gasteiger partial charge is 0.504 e. The zero-order valence-corrected chi connectivity index (χ0v) is 15.9. The minimum Gasteiger partial charge on any atom is -0.504 e. The van der Waals surface area contributed by atoms with E-state index in [-0.39, 0.29) is 24.0 Å². The van der Waals surface area contributed by atoms with Crippen LogP contribution in [0.2, 0.25) is 0 Å². The van der Waals surface area contributed by atoms with Crippen molar-refractivity contribution in [3.63, 3.8) is 0 Å². The summed E-state index contributed by atoms with van der Waals surface area (Å²) in [6, 6.07) is 3.25. The van der Waals surface area contributed by atoms with E-state index in [1.807, 2.05) is 6.07 Å². The number of aliphatic carboxylic acids is 1. The summed E-state index contributed by atoms with van der Waals surface area (Å²) >= 11 is 0. The Morgan fingerprint density at radius 1 is 1.32 bits per heavy atom. The molecule has 1 aromatic rings. The molecule has 2 saturated carbocycles. The first-order valence-corrected chi connectivity index (χ1v) is 10.2. The van der Waals surface area contributed by atoms with Crippen molar-refractivity contribution in [3.05, 3.63) is 23.3 Å². The van der Waals surface area contributed by atoms with Crippen LogP contribution in [0.3, 0.4) is 0 Å². The van der Waals surface area contributed by atoms with Crippen LogP contribution < -0.4 is 4.74 Å². The molecule has 3 aliphatic carbocycles. The van der Waals surface area contributed by atoms with Gasteiger partial charge in [-0.05, 0) is 24.5 Å². The first-order chi connectivity index (χ1) is 13.2. The predicted octanol–water partition coefficient (Wildman–Crippen LogP) is 0.526. The Morgan fingerprint density at radius 3 is 2.75 bits per heavy atom. The van der Waals surface area contributed by atoms with Crippen LogP contribution in [-0.2, 0) is 16.6 Å². The van der Waals surface area contributed by atoms with Gasteiger partial charge in [-0.1, -0.05) is 6.07 Å². The van der Waals surface area contributed by atoms with Gasteiger partial charge in [0.15, 0.2) is 17.6 Å². The summed E-state index contributed by atoms with van der Waals surface area (Å²) < 4.78 is 6.68. The number of phenols is 1. The molecular weight excluding hydrogens is 362 g/mol. The number of hydrogen-bond donors (Lipinski definition) is 4. The molecule has 2 heterocycles. The summed E-state index contributed by atoms with van der Waals surface area (Å²) in [5, 5.41) is 43.7. The number of carboxylic acids is 1. The van der Waals surface area contributed by atoms with E-state index < -0.39 is 28.7 Å². The molecule has 6 atom stereocenters. The summed E-state index contributed by atoms with van der Waals surface area (Å²) in [7, 11) is 2.17. The van der Waals surface area contributed by atoms with Crippen molar-refractivity contribution in [2.45, 2.75) is 60.9 Å². The third-order valence-electron chi connectivity index (χ3n) is 8.57. The van der Waals surface area contributed by atoms with E-state index in [1.54, 1.807) is 6.07 Å². The lowest BCUT2D eigenvalue weighted by atomic mass is 9.55. The molecule has 2 unspecified atom stereocenters. The normalized spacial score (nSPS) is 47.5. The van der Waals surface area contributed by atoms with Gasteiger partial charge >= 0.3 is 5.97 Å². The standard InChI is InChI=1S/C21H25NO6/c1-22(9-11-2-3-11)7-6-19-15-12-4-5-13(23)16(15)28-17(19)20(26,18(24)25)10-21(19,27)14(22)8-12/h4-5,11,14,17,26-27H,2-3,6-10H2,1H3,(H-,23,24,25)/p+1/t14-,17-,19+,20?,21-,22?/m1/s1. The molecule has 28 heavy (non-hydrogen) atoms. The maximum atomic E-state index is 12.2. The Labute approximate surface area is 162 Å². The molecule has 150 valence electrons. The van der Waals surface area contributed by atoms with Crippen LogP contribution in [0.25, 0.3) is 0 Å². The Balaban J connectivity index is 1.62. The Morgan fingerprint density at radius 2 is 2.07 bits per heavy atom. The van der Waals surface area contributed by atoms with Crippen molar-refractivity contribution in [1.29, 1.82) is 0 Å². The number of likely N-dealkylation sites (N-methyl/N-ethyl adjacent to an activating group) is 1. The molecular formula is C21H26NO6+.